The average Bonchev–Trinajstić information content (AvgIpc) is 2.41. The Kier molecular flexibility index (Phi) is 4.56. The Morgan fingerprint density at radius 1 is 1.21 bits per heavy atom. The molecule has 2 aromatic carbocycles. The topological polar surface area (TPSA) is 35.2 Å². The maximum Gasteiger partial charge on any atom is 0.141 e. The highest BCUT2D eigenvalue weighted by Crippen LogP contribution is 2.34. The lowest BCUT2D eigenvalue weighted by Crippen LogP contribution is -2.09. The zero-order valence-electron chi connectivity index (χ0n) is 10.6. The minimum Gasteiger partial charge on any atom is -0.456 e. The molecule has 0 aromatic heterocycles. The predicted octanol–water partition coefficient (Wildman–Crippen LogP) is 4.79. The molecule has 2 N–H and O–H groups in total. The van der Waals surface area contributed by atoms with Crippen molar-refractivity contribution in [3.63, 3.8) is 0 Å². The summed E-state index contributed by atoms with van der Waals surface area (Å²) < 4.78 is 19.4. The van der Waals surface area contributed by atoms with Crippen molar-refractivity contribution in [2.45, 2.75) is 19.4 Å². The standard InChI is InChI=1S/C15H15BrFNO/c1-2-13(18)11-5-3-4-6-14(11)19-15-8-7-10(17)9-12(15)16/h3-9,13H,2,18H2,1H3/t13-/m1/s1. The molecular formula is C15H15BrFNO. The lowest BCUT2D eigenvalue weighted by Gasteiger charge is -2.16. The van der Waals surface area contributed by atoms with E-state index in [-0.39, 0.29) is 11.9 Å². The minimum absolute atomic E-state index is 0.0737. The number of benzene rings is 2. The van der Waals surface area contributed by atoms with Crippen molar-refractivity contribution in [2.75, 3.05) is 0 Å². The molecular weight excluding hydrogens is 309 g/mol. The fourth-order valence-electron chi connectivity index (χ4n) is 1.78. The number of ether oxygens (including phenoxy) is 1. The summed E-state index contributed by atoms with van der Waals surface area (Å²) in [6.45, 7) is 2.02. The summed E-state index contributed by atoms with van der Waals surface area (Å²) in [7, 11) is 0. The fourth-order valence-corrected chi connectivity index (χ4v) is 2.21. The first-order valence-corrected chi connectivity index (χ1v) is 6.88. The molecule has 0 amide bonds. The average molecular weight is 324 g/mol. The van der Waals surface area contributed by atoms with Gasteiger partial charge in [0.05, 0.1) is 4.47 Å². The van der Waals surface area contributed by atoms with Crippen LogP contribution in [-0.2, 0) is 0 Å². The van der Waals surface area contributed by atoms with Crippen LogP contribution >= 0.6 is 15.9 Å². The van der Waals surface area contributed by atoms with Gasteiger partial charge in [0.2, 0.25) is 0 Å². The normalized spacial score (nSPS) is 12.2. The lowest BCUT2D eigenvalue weighted by atomic mass is 10.0. The van der Waals surface area contributed by atoms with Crippen LogP contribution in [0, 0.1) is 5.82 Å². The van der Waals surface area contributed by atoms with Gasteiger partial charge in [0, 0.05) is 11.6 Å². The van der Waals surface area contributed by atoms with E-state index in [1.807, 2.05) is 31.2 Å². The van der Waals surface area contributed by atoms with E-state index in [9.17, 15) is 4.39 Å². The SMILES string of the molecule is CC[C@@H](N)c1ccccc1Oc1ccc(F)cc1Br. The third-order valence-corrected chi connectivity index (χ3v) is 3.49. The number of hydrogen-bond acceptors (Lipinski definition) is 2. The van der Waals surface area contributed by atoms with Crippen LogP contribution in [0.5, 0.6) is 11.5 Å². The van der Waals surface area contributed by atoms with Crippen LogP contribution in [0.15, 0.2) is 46.9 Å². The fraction of sp³-hybridized carbons (Fsp3) is 0.200. The summed E-state index contributed by atoms with van der Waals surface area (Å²) in [5.41, 5.74) is 7.00. The second kappa shape index (κ2) is 6.17. The van der Waals surface area contributed by atoms with Gasteiger partial charge in [-0.05, 0) is 46.6 Å². The molecule has 0 aliphatic rings. The largest absolute Gasteiger partial charge is 0.456 e. The number of para-hydroxylation sites is 1. The first-order chi connectivity index (χ1) is 9.11. The van der Waals surface area contributed by atoms with Gasteiger partial charge in [0.1, 0.15) is 17.3 Å². The van der Waals surface area contributed by atoms with Gasteiger partial charge in [-0.2, -0.15) is 0 Å². The molecule has 0 unspecified atom stereocenters. The minimum atomic E-state index is -0.308. The summed E-state index contributed by atoms with van der Waals surface area (Å²) in [5, 5.41) is 0. The second-order valence-corrected chi connectivity index (χ2v) is 5.08. The third kappa shape index (κ3) is 3.33. The molecule has 2 nitrogen and oxygen atoms in total. The molecule has 0 saturated carbocycles. The van der Waals surface area contributed by atoms with Gasteiger partial charge in [-0.15, -0.1) is 0 Å². The van der Waals surface area contributed by atoms with E-state index >= 15 is 0 Å². The first kappa shape index (κ1) is 14.0. The molecule has 4 heteroatoms. The van der Waals surface area contributed by atoms with Crippen LogP contribution < -0.4 is 10.5 Å². The summed E-state index contributed by atoms with van der Waals surface area (Å²) in [6, 6.07) is 11.9. The van der Waals surface area contributed by atoms with E-state index in [1.54, 1.807) is 6.07 Å². The van der Waals surface area contributed by atoms with Crippen molar-refractivity contribution in [3.05, 3.63) is 58.3 Å². The third-order valence-electron chi connectivity index (χ3n) is 2.87. The molecule has 0 heterocycles. The van der Waals surface area contributed by atoms with Crippen molar-refractivity contribution >= 4 is 15.9 Å². The summed E-state index contributed by atoms with van der Waals surface area (Å²) in [6.07, 6.45) is 0.824. The van der Waals surface area contributed by atoms with Crippen LogP contribution in [0.4, 0.5) is 4.39 Å². The van der Waals surface area contributed by atoms with Gasteiger partial charge in [0.15, 0.2) is 0 Å². The van der Waals surface area contributed by atoms with Gasteiger partial charge < -0.3 is 10.5 Å². The molecule has 100 valence electrons. The highest BCUT2D eigenvalue weighted by Gasteiger charge is 2.12. The van der Waals surface area contributed by atoms with Crippen LogP contribution in [0.2, 0.25) is 0 Å². The highest BCUT2D eigenvalue weighted by molar-refractivity contribution is 9.10. The molecule has 0 radical (unpaired) electrons. The Morgan fingerprint density at radius 2 is 1.95 bits per heavy atom. The van der Waals surface area contributed by atoms with E-state index in [2.05, 4.69) is 15.9 Å². The molecule has 2 aromatic rings. The van der Waals surface area contributed by atoms with E-state index in [4.69, 9.17) is 10.5 Å². The summed E-state index contributed by atoms with van der Waals surface area (Å²) >= 11 is 3.29. The maximum absolute atomic E-state index is 13.0. The Bertz CT molecular complexity index is 574. The zero-order valence-corrected chi connectivity index (χ0v) is 12.2. The highest BCUT2D eigenvalue weighted by atomic mass is 79.9. The van der Waals surface area contributed by atoms with Gasteiger partial charge in [0.25, 0.3) is 0 Å². The number of hydrogen-bond donors (Lipinski definition) is 1. The van der Waals surface area contributed by atoms with Crippen molar-refractivity contribution in [1.29, 1.82) is 0 Å². The molecule has 2 rings (SSSR count). The van der Waals surface area contributed by atoms with Crippen molar-refractivity contribution in [1.82, 2.24) is 0 Å². The Labute approximate surface area is 120 Å². The van der Waals surface area contributed by atoms with E-state index in [0.29, 0.717) is 16.0 Å². The molecule has 0 bridgehead atoms. The van der Waals surface area contributed by atoms with Gasteiger partial charge in [-0.3, -0.25) is 0 Å². The zero-order chi connectivity index (χ0) is 13.8. The van der Waals surface area contributed by atoms with Crippen LogP contribution in [0.25, 0.3) is 0 Å². The molecule has 0 fully saturated rings. The number of rotatable bonds is 4. The maximum atomic E-state index is 13.0. The molecule has 0 aliphatic heterocycles. The smallest absolute Gasteiger partial charge is 0.141 e. The van der Waals surface area contributed by atoms with Gasteiger partial charge in [-0.25, -0.2) is 4.39 Å². The van der Waals surface area contributed by atoms with Crippen molar-refractivity contribution < 1.29 is 9.13 Å². The summed E-state index contributed by atoms with van der Waals surface area (Å²) in [5.74, 6) is 0.957. The Morgan fingerprint density at radius 3 is 2.63 bits per heavy atom. The van der Waals surface area contributed by atoms with E-state index in [0.717, 1.165) is 12.0 Å². The lowest BCUT2D eigenvalue weighted by molar-refractivity contribution is 0.464. The Hall–Kier alpha value is -1.39. The molecule has 0 aliphatic carbocycles. The predicted molar refractivity (Wildman–Crippen MR) is 77.8 cm³/mol. The molecule has 0 saturated heterocycles. The number of nitrogens with two attached hydrogens (primary N) is 1. The molecule has 0 spiro atoms. The van der Waals surface area contributed by atoms with Crippen molar-refractivity contribution in [2.24, 2.45) is 5.73 Å². The van der Waals surface area contributed by atoms with Gasteiger partial charge in [-0.1, -0.05) is 25.1 Å². The quantitative estimate of drug-likeness (QED) is 0.877. The molecule has 1 atom stereocenters. The van der Waals surface area contributed by atoms with Gasteiger partial charge >= 0.3 is 0 Å². The van der Waals surface area contributed by atoms with Crippen LogP contribution in [-0.4, -0.2) is 0 Å². The van der Waals surface area contributed by atoms with E-state index in [1.165, 1.54) is 12.1 Å². The molecule has 19 heavy (non-hydrogen) atoms. The Balaban J connectivity index is 2.33. The van der Waals surface area contributed by atoms with Crippen LogP contribution in [0.1, 0.15) is 24.9 Å². The summed E-state index contributed by atoms with van der Waals surface area (Å²) in [4.78, 5) is 0. The monoisotopic (exact) mass is 323 g/mol. The van der Waals surface area contributed by atoms with Crippen molar-refractivity contribution in [3.8, 4) is 11.5 Å². The number of halogens is 2. The second-order valence-electron chi connectivity index (χ2n) is 4.23. The van der Waals surface area contributed by atoms with Crippen LogP contribution in [0.3, 0.4) is 0 Å². The first-order valence-electron chi connectivity index (χ1n) is 6.09. The van der Waals surface area contributed by atoms with E-state index < -0.39 is 0 Å².